The van der Waals surface area contributed by atoms with Crippen molar-refractivity contribution >= 4 is 15.9 Å². The fraction of sp³-hybridized carbons (Fsp3) is 0.235. The third-order valence-electron chi connectivity index (χ3n) is 3.67. The number of ether oxygens (including phenoxy) is 2. The zero-order valence-electron chi connectivity index (χ0n) is 13.6. The van der Waals surface area contributed by atoms with Crippen molar-refractivity contribution in [1.82, 2.24) is 10.0 Å². The molecule has 0 aliphatic carbocycles. The molecule has 0 saturated heterocycles. The summed E-state index contributed by atoms with van der Waals surface area (Å²) in [4.78, 5) is 12.3. The summed E-state index contributed by atoms with van der Waals surface area (Å²) >= 11 is 0. The standard InChI is InChI=1S/C17H18N2O5S/c1-12-2-5-14(6-3-12)25(21,22)19-9-8-18-17(20)13-4-7-15-16(10-13)24-11-23-15/h2-7,10,19H,8-9,11H2,1H3,(H,18,20). The van der Waals surface area contributed by atoms with E-state index >= 15 is 0 Å². The van der Waals surface area contributed by atoms with Crippen LogP contribution in [-0.4, -0.2) is 34.2 Å². The number of fused-ring (bicyclic) bond motifs is 1. The number of carbonyl (C=O) groups excluding carboxylic acids is 1. The van der Waals surface area contributed by atoms with E-state index in [0.717, 1.165) is 5.56 Å². The first-order valence-electron chi connectivity index (χ1n) is 7.70. The topological polar surface area (TPSA) is 93.7 Å². The SMILES string of the molecule is Cc1ccc(S(=O)(=O)NCCNC(=O)c2ccc3c(c2)OCO3)cc1. The average Bonchev–Trinajstić information content (AvgIpc) is 3.06. The summed E-state index contributed by atoms with van der Waals surface area (Å²) in [6.07, 6.45) is 0. The van der Waals surface area contributed by atoms with Gasteiger partial charge in [-0.1, -0.05) is 17.7 Å². The number of amides is 1. The van der Waals surface area contributed by atoms with Crippen molar-refractivity contribution in [3.63, 3.8) is 0 Å². The highest BCUT2D eigenvalue weighted by Gasteiger charge is 2.16. The van der Waals surface area contributed by atoms with Crippen molar-refractivity contribution in [2.45, 2.75) is 11.8 Å². The number of rotatable bonds is 6. The van der Waals surface area contributed by atoms with Crippen LogP contribution in [0.5, 0.6) is 11.5 Å². The van der Waals surface area contributed by atoms with Gasteiger partial charge >= 0.3 is 0 Å². The molecule has 2 aromatic rings. The highest BCUT2D eigenvalue weighted by molar-refractivity contribution is 7.89. The van der Waals surface area contributed by atoms with Gasteiger partial charge in [-0.05, 0) is 37.3 Å². The Morgan fingerprint density at radius 1 is 1.04 bits per heavy atom. The van der Waals surface area contributed by atoms with Crippen LogP contribution in [0.3, 0.4) is 0 Å². The number of benzene rings is 2. The Hall–Kier alpha value is -2.58. The van der Waals surface area contributed by atoms with Crippen LogP contribution in [0.2, 0.25) is 0 Å². The van der Waals surface area contributed by atoms with Gasteiger partial charge in [-0.15, -0.1) is 0 Å². The van der Waals surface area contributed by atoms with Crippen LogP contribution in [0, 0.1) is 6.92 Å². The van der Waals surface area contributed by atoms with Gasteiger partial charge in [-0.25, -0.2) is 13.1 Å². The quantitative estimate of drug-likeness (QED) is 0.759. The molecule has 2 N–H and O–H groups in total. The van der Waals surface area contributed by atoms with E-state index in [0.29, 0.717) is 17.1 Å². The summed E-state index contributed by atoms with van der Waals surface area (Å²) < 4.78 is 37.1. The molecule has 3 rings (SSSR count). The second-order valence-electron chi connectivity index (χ2n) is 5.53. The van der Waals surface area contributed by atoms with Gasteiger partial charge in [0.1, 0.15) is 0 Å². The second kappa shape index (κ2) is 7.12. The smallest absolute Gasteiger partial charge is 0.251 e. The summed E-state index contributed by atoms with van der Waals surface area (Å²) in [5, 5.41) is 2.66. The minimum atomic E-state index is -3.59. The van der Waals surface area contributed by atoms with Gasteiger partial charge in [0.2, 0.25) is 16.8 Å². The molecule has 132 valence electrons. The van der Waals surface area contributed by atoms with Crippen molar-refractivity contribution in [2.75, 3.05) is 19.9 Å². The molecule has 1 aliphatic heterocycles. The molecule has 1 aliphatic rings. The lowest BCUT2D eigenvalue weighted by molar-refractivity contribution is 0.0954. The summed E-state index contributed by atoms with van der Waals surface area (Å²) in [5.74, 6) is 0.808. The Labute approximate surface area is 146 Å². The van der Waals surface area contributed by atoms with Gasteiger partial charge in [-0.3, -0.25) is 4.79 Å². The summed E-state index contributed by atoms with van der Waals surface area (Å²) in [6.45, 7) is 2.28. The molecule has 2 aromatic carbocycles. The van der Waals surface area contributed by atoms with E-state index in [-0.39, 0.29) is 30.7 Å². The zero-order chi connectivity index (χ0) is 17.9. The number of carbonyl (C=O) groups is 1. The van der Waals surface area contributed by atoms with Crippen LogP contribution in [0.15, 0.2) is 47.4 Å². The summed E-state index contributed by atoms with van der Waals surface area (Å²) in [6, 6.07) is 11.4. The minimum absolute atomic E-state index is 0.0898. The van der Waals surface area contributed by atoms with Crippen LogP contribution < -0.4 is 19.5 Å². The fourth-order valence-corrected chi connectivity index (χ4v) is 3.33. The van der Waals surface area contributed by atoms with Gasteiger partial charge in [0, 0.05) is 18.7 Å². The van der Waals surface area contributed by atoms with Crippen LogP contribution in [-0.2, 0) is 10.0 Å². The van der Waals surface area contributed by atoms with Crippen molar-refractivity contribution in [3.8, 4) is 11.5 Å². The maximum atomic E-state index is 12.1. The molecule has 0 aromatic heterocycles. The molecule has 1 heterocycles. The molecule has 25 heavy (non-hydrogen) atoms. The van der Waals surface area contributed by atoms with E-state index < -0.39 is 10.0 Å². The predicted molar refractivity (Wildman–Crippen MR) is 91.3 cm³/mol. The molecule has 0 bridgehead atoms. The number of aryl methyl sites for hydroxylation is 1. The molecule has 0 saturated carbocycles. The van der Waals surface area contributed by atoms with E-state index in [1.807, 2.05) is 6.92 Å². The molecule has 0 atom stereocenters. The van der Waals surface area contributed by atoms with E-state index in [1.165, 1.54) is 0 Å². The zero-order valence-corrected chi connectivity index (χ0v) is 14.4. The van der Waals surface area contributed by atoms with Crippen LogP contribution in [0.25, 0.3) is 0 Å². The monoisotopic (exact) mass is 362 g/mol. The van der Waals surface area contributed by atoms with Crippen molar-refractivity contribution in [3.05, 3.63) is 53.6 Å². The number of nitrogens with one attached hydrogen (secondary N) is 2. The summed E-state index contributed by atoms with van der Waals surface area (Å²) in [7, 11) is -3.59. The lowest BCUT2D eigenvalue weighted by Crippen LogP contribution is -2.34. The maximum absolute atomic E-state index is 12.1. The van der Waals surface area contributed by atoms with E-state index in [9.17, 15) is 13.2 Å². The Balaban J connectivity index is 1.51. The Morgan fingerprint density at radius 2 is 1.76 bits per heavy atom. The van der Waals surface area contributed by atoms with E-state index in [1.54, 1.807) is 42.5 Å². The first-order chi connectivity index (χ1) is 12.0. The van der Waals surface area contributed by atoms with Gasteiger partial charge in [-0.2, -0.15) is 0 Å². The van der Waals surface area contributed by atoms with Gasteiger partial charge < -0.3 is 14.8 Å². The van der Waals surface area contributed by atoms with Gasteiger partial charge in [0.25, 0.3) is 5.91 Å². The second-order valence-corrected chi connectivity index (χ2v) is 7.30. The number of sulfonamides is 1. The Bertz CT molecular complexity index is 878. The van der Waals surface area contributed by atoms with Crippen molar-refractivity contribution in [2.24, 2.45) is 0 Å². The molecule has 0 fully saturated rings. The van der Waals surface area contributed by atoms with E-state index in [4.69, 9.17) is 9.47 Å². The molecule has 0 spiro atoms. The molecule has 0 unspecified atom stereocenters. The molecular weight excluding hydrogens is 344 g/mol. The predicted octanol–water partition coefficient (Wildman–Crippen LogP) is 1.43. The maximum Gasteiger partial charge on any atom is 0.251 e. The third-order valence-corrected chi connectivity index (χ3v) is 5.15. The number of hydrogen-bond acceptors (Lipinski definition) is 5. The van der Waals surface area contributed by atoms with Gasteiger partial charge in [0.15, 0.2) is 11.5 Å². The molecule has 1 amide bonds. The number of hydrogen-bond donors (Lipinski definition) is 2. The molecule has 0 radical (unpaired) electrons. The summed E-state index contributed by atoms with van der Waals surface area (Å²) in [5.41, 5.74) is 1.40. The first-order valence-corrected chi connectivity index (χ1v) is 9.18. The normalized spacial score (nSPS) is 12.8. The lowest BCUT2D eigenvalue weighted by Gasteiger charge is -2.09. The first kappa shape index (κ1) is 17.2. The van der Waals surface area contributed by atoms with Crippen molar-refractivity contribution in [1.29, 1.82) is 0 Å². The Kier molecular flexibility index (Phi) is 4.91. The Morgan fingerprint density at radius 3 is 2.52 bits per heavy atom. The average molecular weight is 362 g/mol. The molecular formula is C17H18N2O5S. The van der Waals surface area contributed by atoms with Gasteiger partial charge in [0.05, 0.1) is 4.90 Å². The van der Waals surface area contributed by atoms with Crippen molar-refractivity contribution < 1.29 is 22.7 Å². The molecule has 7 nitrogen and oxygen atoms in total. The van der Waals surface area contributed by atoms with E-state index in [2.05, 4.69) is 10.0 Å². The highest BCUT2D eigenvalue weighted by Crippen LogP contribution is 2.32. The van der Waals surface area contributed by atoms with Crippen LogP contribution >= 0.6 is 0 Å². The lowest BCUT2D eigenvalue weighted by atomic mass is 10.2. The molecule has 8 heteroatoms. The largest absolute Gasteiger partial charge is 0.454 e. The van der Waals surface area contributed by atoms with Crippen LogP contribution in [0.4, 0.5) is 0 Å². The van der Waals surface area contributed by atoms with Crippen LogP contribution in [0.1, 0.15) is 15.9 Å². The highest BCUT2D eigenvalue weighted by atomic mass is 32.2. The third kappa shape index (κ3) is 4.09. The fourth-order valence-electron chi connectivity index (χ4n) is 2.30. The minimum Gasteiger partial charge on any atom is -0.454 e.